The molecule has 6 nitrogen and oxygen atoms in total. The Morgan fingerprint density at radius 2 is 1.82 bits per heavy atom. The number of methoxy groups -OCH3 is 1. The Morgan fingerprint density at radius 1 is 1.00 bits per heavy atom. The second-order valence-corrected chi connectivity index (χ2v) is 9.39. The summed E-state index contributed by atoms with van der Waals surface area (Å²) in [6.45, 7) is 0.443. The van der Waals surface area contributed by atoms with E-state index in [2.05, 4.69) is 15.5 Å². The Morgan fingerprint density at radius 3 is 2.59 bits per heavy atom. The average molecular weight is 514 g/mol. The number of hydrogen-bond acceptors (Lipinski definition) is 6. The lowest BCUT2D eigenvalue weighted by Crippen LogP contribution is -2.25. The summed E-state index contributed by atoms with van der Waals surface area (Å²) >= 11 is 13.4. The highest BCUT2D eigenvalue weighted by Gasteiger charge is 2.30. The maximum absolute atomic E-state index is 12.3. The first-order valence-corrected chi connectivity index (χ1v) is 12.0. The minimum Gasteiger partial charge on any atom is -0.493 e. The van der Waals surface area contributed by atoms with Crippen LogP contribution in [0.4, 0.5) is 0 Å². The van der Waals surface area contributed by atoms with Gasteiger partial charge in [0.25, 0.3) is 0 Å². The minimum absolute atomic E-state index is 0.119. The molecule has 3 aromatic rings. The number of benzene rings is 3. The Bertz CT molecular complexity index is 1240. The van der Waals surface area contributed by atoms with Crippen molar-refractivity contribution in [3.8, 4) is 11.5 Å². The van der Waals surface area contributed by atoms with E-state index in [-0.39, 0.29) is 11.2 Å². The largest absolute Gasteiger partial charge is 0.493 e. The van der Waals surface area contributed by atoms with Crippen molar-refractivity contribution in [3.63, 3.8) is 0 Å². The van der Waals surface area contributed by atoms with Gasteiger partial charge in [0, 0.05) is 0 Å². The number of nitrogens with zero attached hydrogens (tertiary/aromatic N) is 2. The lowest BCUT2D eigenvalue weighted by molar-refractivity contribution is -0.118. The van der Waals surface area contributed by atoms with Crippen LogP contribution < -0.4 is 14.8 Å². The van der Waals surface area contributed by atoms with Crippen LogP contribution in [0.25, 0.3) is 0 Å². The molecule has 1 atom stereocenters. The van der Waals surface area contributed by atoms with Crippen molar-refractivity contribution >= 4 is 52.3 Å². The van der Waals surface area contributed by atoms with E-state index in [1.807, 2.05) is 54.6 Å². The first-order valence-electron chi connectivity index (χ1n) is 10.4. The van der Waals surface area contributed by atoms with Crippen LogP contribution in [0, 0.1) is 0 Å². The monoisotopic (exact) mass is 513 g/mol. The molecule has 1 aliphatic heterocycles. The second kappa shape index (κ2) is 11.4. The number of halogens is 2. The molecule has 4 rings (SSSR count). The van der Waals surface area contributed by atoms with Crippen molar-refractivity contribution in [3.05, 3.63) is 93.5 Å². The van der Waals surface area contributed by atoms with E-state index in [4.69, 9.17) is 32.7 Å². The molecule has 34 heavy (non-hydrogen) atoms. The van der Waals surface area contributed by atoms with E-state index >= 15 is 0 Å². The molecule has 0 spiro atoms. The third-order valence-corrected chi connectivity index (χ3v) is 6.77. The van der Waals surface area contributed by atoms with E-state index in [0.717, 1.165) is 16.7 Å². The van der Waals surface area contributed by atoms with E-state index in [1.165, 1.54) is 11.8 Å². The van der Waals surface area contributed by atoms with E-state index in [9.17, 15) is 4.79 Å². The summed E-state index contributed by atoms with van der Waals surface area (Å²) in [5, 5.41) is 12.1. The van der Waals surface area contributed by atoms with Gasteiger partial charge in [0.05, 0.1) is 28.6 Å². The molecule has 174 valence electrons. The molecule has 1 amide bonds. The quantitative estimate of drug-likeness (QED) is 0.307. The third kappa shape index (κ3) is 6.32. The second-order valence-electron chi connectivity index (χ2n) is 7.38. The van der Waals surface area contributed by atoms with Gasteiger partial charge in [-0.15, -0.1) is 5.10 Å². The molecule has 0 bridgehead atoms. The number of carbonyl (C=O) groups excluding carboxylic acids is 1. The van der Waals surface area contributed by atoms with Crippen LogP contribution in [0.1, 0.15) is 16.7 Å². The lowest BCUT2D eigenvalue weighted by atomic mass is 10.1. The summed E-state index contributed by atoms with van der Waals surface area (Å²) in [7, 11) is 1.59. The van der Waals surface area contributed by atoms with Crippen molar-refractivity contribution in [1.82, 2.24) is 5.32 Å². The Hall–Kier alpha value is -3.00. The van der Waals surface area contributed by atoms with Crippen LogP contribution in [0.15, 0.2) is 76.9 Å². The topological polar surface area (TPSA) is 72.3 Å². The van der Waals surface area contributed by atoms with Gasteiger partial charge in [-0.3, -0.25) is 4.79 Å². The molecule has 1 saturated heterocycles. The Labute approximate surface area is 212 Å². The molecule has 0 aromatic heterocycles. The predicted molar refractivity (Wildman–Crippen MR) is 138 cm³/mol. The van der Waals surface area contributed by atoms with E-state index < -0.39 is 0 Å². The third-order valence-electron chi connectivity index (χ3n) is 4.96. The van der Waals surface area contributed by atoms with Crippen LogP contribution in [0.5, 0.6) is 11.5 Å². The normalized spacial score (nSPS) is 16.7. The Kier molecular flexibility index (Phi) is 8.11. The van der Waals surface area contributed by atoms with Gasteiger partial charge in [0.15, 0.2) is 16.7 Å². The first-order chi connectivity index (χ1) is 16.5. The van der Waals surface area contributed by atoms with Gasteiger partial charge >= 0.3 is 0 Å². The molecule has 1 aliphatic rings. The maximum atomic E-state index is 12.3. The van der Waals surface area contributed by atoms with Crippen LogP contribution in [0.3, 0.4) is 0 Å². The maximum Gasteiger partial charge on any atom is 0.239 e. The zero-order chi connectivity index (χ0) is 23.9. The van der Waals surface area contributed by atoms with E-state index in [0.29, 0.717) is 39.7 Å². The molecule has 1 unspecified atom stereocenters. The number of hydrogen-bond donors (Lipinski definition) is 1. The van der Waals surface area contributed by atoms with Crippen molar-refractivity contribution in [2.75, 3.05) is 7.11 Å². The van der Waals surface area contributed by atoms with Crippen LogP contribution >= 0.6 is 35.0 Å². The summed E-state index contributed by atoms with van der Waals surface area (Å²) in [5.74, 6) is 1.11. The van der Waals surface area contributed by atoms with Crippen LogP contribution in [-0.4, -0.2) is 29.6 Å². The molecular weight excluding hydrogens is 493 g/mol. The van der Waals surface area contributed by atoms with Crippen LogP contribution in [0.2, 0.25) is 10.0 Å². The molecule has 0 saturated carbocycles. The average Bonchev–Trinajstić information content (AvgIpc) is 3.19. The lowest BCUT2D eigenvalue weighted by Gasteiger charge is -2.11. The summed E-state index contributed by atoms with van der Waals surface area (Å²) in [5.41, 5.74) is 2.78. The minimum atomic E-state index is -0.313. The highest BCUT2D eigenvalue weighted by atomic mass is 35.5. The van der Waals surface area contributed by atoms with Crippen molar-refractivity contribution in [2.24, 2.45) is 10.2 Å². The zero-order valence-electron chi connectivity index (χ0n) is 18.2. The number of amides is 1. The highest BCUT2D eigenvalue weighted by molar-refractivity contribution is 8.15. The van der Waals surface area contributed by atoms with Gasteiger partial charge in [-0.1, -0.05) is 71.4 Å². The Balaban J connectivity index is 1.36. The SMILES string of the molecule is COc1cc(/C=N/N=C2\NC(=O)C(Cc3ccc(Cl)c(Cl)c3)S2)ccc1OCc1ccccc1. The molecule has 1 heterocycles. The number of rotatable bonds is 8. The number of thioether (sulfide) groups is 1. The summed E-state index contributed by atoms with van der Waals surface area (Å²) in [6.07, 6.45) is 2.10. The smallest absolute Gasteiger partial charge is 0.239 e. The fourth-order valence-corrected chi connectivity index (χ4v) is 4.52. The van der Waals surface area contributed by atoms with Crippen molar-refractivity contribution < 1.29 is 14.3 Å². The summed E-state index contributed by atoms with van der Waals surface area (Å²) < 4.78 is 11.3. The first kappa shape index (κ1) is 24.1. The fourth-order valence-electron chi connectivity index (χ4n) is 3.23. The van der Waals surface area contributed by atoms with Gasteiger partial charge < -0.3 is 14.8 Å². The number of carbonyl (C=O) groups is 1. The number of ether oxygens (including phenoxy) is 2. The molecule has 0 radical (unpaired) electrons. The molecule has 1 fully saturated rings. The van der Waals surface area contributed by atoms with E-state index in [1.54, 1.807) is 25.5 Å². The zero-order valence-corrected chi connectivity index (χ0v) is 20.5. The van der Waals surface area contributed by atoms with Gasteiger partial charge in [0.2, 0.25) is 5.91 Å². The van der Waals surface area contributed by atoms with Gasteiger partial charge in [-0.25, -0.2) is 0 Å². The number of nitrogens with one attached hydrogen (secondary N) is 1. The summed E-state index contributed by atoms with van der Waals surface area (Å²) in [6, 6.07) is 20.8. The van der Waals surface area contributed by atoms with Crippen molar-refractivity contribution in [1.29, 1.82) is 0 Å². The molecule has 1 N–H and O–H groups in total. The number of amidine groups is 1. The molecule has 0 aliphatic carbocycles. The fraction of sp³-hybridized carbons (Fsp3) is 0.160. The molecule has 3 aromatic carbocycles. The molecular formula is C25H21Cl2N3O3S. The highest BCUT2D eigenvalue weighted by Crippen LogP contribution is 2.29. The van der Waals surface area contributed by atoms with Gasteiger partial charge in [-0.05, 0) is 53.4 Å². The van der Waals surface area contributed by atoms with Crippen molar-refractivity contribution in [2.45, 2.75) is 18.3 Å². The van der Waals surface area contributed by atoms with Gasteiger partial charge in [-0.2, -0.15) is 5.10 Å². The predicted octanol–water partition coefficient (Wildman–Crippen LogP) is 5.75. The molecule has 9 heteroatoms. The van der Waals surface area contributed by atoms with Crippen LogP contribution in [-0.2, 0) is 17.8 Å². The van der Waals surface area contributed by atoms with Gasteiger partial charge in [0.1, 0.15) is 6.61 Å². The standard InChI is InChI=1S/C25H21Cl2N3O3S/c1-32-22-12-18(8-10-21(22)33-15-16-5-3-2-4-6-16)14-28-30-25-29-24(31)23(34-25)13-17-7-9-19(26)20(27)11-17/h2-12,14,23H,13,15H2,1H3,(H,29,30,31)/b28-14+. The summed E-state index contributed by atoms with van der Waals surface area (Å²) in [4.78, 5) is 12.3.